The van der Waals surface area contributed by atoms with E-state index in [9.17, 15) is 10.1 Å². The van der Waals surface area contributed by atoms with Crippen molar-refractivity contribution in [2.24, 2.45) is 5.41 Å². The van der Waals surface area contributed by atoms with E-state index in [1.54, 1.807) is 6.07 Å². The third-order valence-electron chi connectivity index (χ3n) is 4.40. The minimum Gasteiger partial charge on any atom is -0.398 e. The Morgan fingerprint density at radius 2 is 1.90 bits per heavy atom. The van der Waals surface area contributed by atoms with Crippen LogP contribution in [-0.2, 0) is 0 Å². The predicted octanol–water partition coefficient (Wildman–Crippen LogP) is 3.58. The molecule has 20 heavy (non-hydrogen) atoms. The molecule has 5 nitrogen and oxygen atoms in total. The summed E-state index contributed by atoms with van der Waals surface area (Å²) in [4.78, 5) is 12.7. The number of nitro groups is 1. The molecule has 2 rings (SSSR count). The van der Waals surface area contributed by atoms with E-state index in [0.29, 0.717) is 17.1 Å². The molecule has 1 saturated carbocycles. The minimum atomic E-state index is -0.391. The molecular weight excluding hydrogens is 254 g/mol. The zero-order valence-corrected chi connectivity index (χ0v) is 12.4. The van der Waals surface area contributed by atoms with Crippen LogP contribution in [0.5, 0.6) is 0 Å². The van der Waals surface area contributed by atoms with Crippen LogP contribution in [0, 0.1) is 15.5 Å². The van der Waals surface area contributed by atoms with Gasteiger partial charge in [0.05, 0.1) is 4.92 Å². The number of benzene rings is 1. The fraction of sp³-hybridized carbons (Fsp3) is 0.600. The van der Waals surface area contributed by atoms with Crippen molar-refractivity contribution in [2.45, 2.75) is 45.6 Å². The van der Waals surface area contributed by atoms with Crippen molar-refractivity contribution in [3.05, 3.63) is 28.3 Å². The summed E-state index contributed by atoms with van der Waals surface area (Å²) in [6.07, 6.45) is 4.61. The number of hydrogen-bond acceptors (Lipinski definition) is 4. The van der Waals surface area contributed by atoms with Crippen molar-refractivity contribution in [2.75, 3.05) is 17.7 Å². The number of nitro benzene ring substituents is 1. The molecule has 0 heterocycles. The number of nitrogens with zero attached hydrogens (tertiary/aromatic N) is 2. The zero-order chi connectivity index (χ0) is 14.9. The van der Waals surface area contributed by atoms with Crippen molar-refractivity contribution < 1.29 is 4.92 Å². The van der Waals surface area contributed by atoms with Crippen molar-refractivity contribution in [1.82, 2.24) is 0 Å². The Morgan fingerprint density at radius 1 is 1.30 bits per heavy atom. The van der Waals surface area contributed by atoms with E-state index in [1.807, 2.05) is 13.1 Å². The number of rotatable bonds is 3. The van der Waals surface area contributed by atoms with Crippen LogP contribution < -0.4 is 10.6 Å². The lowest BCUT2D eigenvalue weighted by molar-refractivity contribution is -0.384. The van der Waals surface area contributed by atoms with E-state index in [4.69, 9.17) is 5.73 Å². The van der Waals surface area contributed by atoms with Crippen LogP contribution in [0.15, 0.2) is 18.2 Å². The number of nitrogen functional groups attached to an aromatic ring is 1. The maximum absolute atomic E-state index is 10.9. The van der Waals surface area contributed by atoms with E-state index >= 15 is 0 Å². The highest BCUT2D eigenvalue weighted by Gasteiger charge is 2.29. The second-order valence-electron chi connectivity index (χ2n) is 6.55. The van der Waals surface area contributed by atoms with Gasteiger partial charge in [-0.2, -0.15) is 0 Å². The molecule has 0 saturated heterocycles. The maximum Gasteiger partial charge on any atom is 0.273 e. The first-order chi connectivity index (χ1) is 9.28. The van der Waals surface area contributed by atoms with Gasteiger partial charge in [0.15, 0.2) is 0 Å². The SMILES string of the molecule is CN(c1cc(N)cc([N+](=O)[O-])c1)C1CCC(C)(C)CC1. The first-order valence-corrected chi connectivity index (χ1v) is 7.06. The monoisotopic (exact) mass is 277 g/mol. The Morgan fingerprint density at radius 3 is 2.45 bits per heavy atom. The highest BCUT2D eigenvalue weighted by molar-refractivity contribution is 5.62. The van der Waals surface area contributed by atoms with E-state index in [1.165, 1.54) is 18.9 Å². The summed E-state index contributed by atoms with van der Waals surface area (Å²) in [5, 5.41) is 10.9. The molecule has 0 unspecified atom stereocenters. The molecule has 0 aromatic heterocycles. The Hall–Kier alpha value is -1.78. The summed E-state index contributed by atoms with van der Waals surface area (Å²) >= 11 is 0. The average Bonchev–Trinajstić information content (AvgIpc) is 2.37. The first kappa shape index (κ1) is 14.6. The highest BCUT2D eigenvalue weighted by atomic mass is 16.6. The summed E-state index contributed by atoms with van der Waals surface area (Å²) in [5.41, 5.74) is 7.53. The topological polar surface area (TPSA) is 72.4 Å². The van der Waals surface area contributed by atoms with E-state index in [0.717, 1.165) is 18.5 Å². The van der Waals surface area contributed by atoms with Gasteiger partial charge >= 0.3 is 0 Å². The fourth-order valence-electron chi connectivity index (χ4n) is 2.91. The molecule has 1 fully saturated rings. The Kier molecular flexibility index (Phi) is 3.88. The number of anilines is 2. The van der Waals surface area contributed by atoms with Crippen LogP contribution in [0.25, 0.3) is 0 Å². The van der Waals surface area contributed by atoms with Gasteiger partial charge in [0, 0.05) is 36.6 Å². The predicted molar refractivity (Wildman–Crippen MR) is 81.9 cm³/mol. The molecular formula is C15H23N3O2. The third kappa shape index (κ3) is 3.21. The fourth-order valence-corrected chi connectivity index (χ4v) is 2.91. The van der Waals surface area contributed by atoms with Gasteiger partial charge in [0.1, 0.15) is 0 Å². The molecule has 0 amide bonds. The number of nitrogens with two attached hydrogens (primary N) is 1. The van der Waals surface area contributed by atoms with Gasteiger partial charge in [-0.05, 0) is 37.2 Å². The van der Waals surface area contributed by atoms with Gasteiger partial charge in [-0.25, -0.2) is 0 Å². The molecule has 0 bridgehead atoms. The van der Waals surface area contributed by atoms with Crippen LogP contribution in [0.4, 0.5) is 17.1 Å². The zero-order valence-electron chi connectivity index (χ0n) is 12.4. The number of non-ortho nitro benzene ring substituents is 1. The van der Waals surface area contributed by atoms with Crippen molar-refractivity contribution in [3.63, 3.8) is 0 Å². The quantitative estimate of drug-likeness (QED) is 0.520. The molecule has 0 radical (unpaired) electrons. The average molecular weight is 277 g/mol. The Balaban J connectivity index is 2.17. The van der Waals surface area contributed by atoms with Gasteiger partial charge in [0.2, 0.25) is 0 Å². The Labute approximate surface area is 119 Å². The van der Waals surface area contributed by atoms with E-state index in [-0.39, 0.29) is 5.69 Å². The lowest BCUT2D eigenvalue weighted by Gasteiger charge is -2.39. The van der Waals surface area contributed by atoms with Gasteiger partial charge in [-0.3, -0.25) is 10.1 Å². The largest absolute Gasteiger partial charge is 0.398 e. The molecule has 1 aliphatic rings. The molecule has 110 valence electrons. The lowest BCUT2D eigenvalue weighted by atomic mass is 9.75. The van der Waals surface area contributed by atoms with Gasteiger partial charge in [0.25, 0.3) is 5.69 Å². The number of hydrogen-bond donors (Lipinski definition) is 1. The molecule has 1 aromatic carbocycles. The normalized spacial score (nSPS) is 18.8. The Bertz CT molecular complexity index is 504. The summed E-state index contributed by atoms with van der Waals surface area (Å²) < 4.78 is 0. The molecule has 1 aliphatic carbocycles. The molecule has 0 spiro atoms. The van der Waals surface area contributed by atoms with Crippen LogP contribution in [-0.4, -0.2) is 18.0 Å². The van der Waals surface area contributed by atoms with Crippen molar-refractivity contribution in [1.29, 1.82) is 0 Å². The van der Waals surface area contributed by atoms with Gasteiger partial charge in [-0.15, -0.1) is 0 Å². The molecule has 2 N–H and O–H groups in total. The second kappa shape index (κ2) is 5.31. The molecule has 0 aliphatic heterocycles. The molecule has 0 atom stereocenters. The second-order valence-corrected chi connectivity index (χ2v) is 6.55. The van der Waals surface area contributed by atoms with Crippen LogP contribution in [0.3, 0.4) is 0 Å². The van der Waals surface area contributed by atoms with Gasteiger partial charge < -0.3 is 10.6 Å². The van der Waals surface area contributed by atoms with E-state index in [2.05, 4.69) is 18.7 Å². The first-order valence-electron chi connectivity index (χ1n) is 7.06. The van der Waals surface area contributed by atoms with Crippen molar-refractivity contribution in [3.8, 4) is 0 Å². The summed E-state index contributed by atoms with van der Waals surface area (Å²) in [6, 6.07) is 5.26. The third-order valence-corrected chi connectivity index (χ3v) is 4.40. The molecule has 1 aromatic rings. The van der Waals surface area contributed by atoms with Gasteiger partial charge in [-0.1, -0.05) is 13.8 Å². The van der Waals surface area contributed by atoms with Crippen molar-refractivity contribution >= 4 is 17.1 Å². The molecule has 5 heteroatoms. The smallest absolute Gasteiger partial charge is 0.273 e. The summed E-state index contributed by atoms with van der Waals surface area (Å²) in [6.45, 7) is 4.60. The van der Waals surface area contributed by atoms with E-state index < -0.39 is 4.92 Å². The standard InChI is InChI=1S/C15H23N3O2/c1-15(2)6-4-12(5-7-15)17(3)13-8-11(16)9-14(10-13)18(19)20/h8-10,12H,4-7,16H2,1-3H3. The summed E-state index contributed by atoms with van der Waals surface area (Å²) in [7, 11) is 2.00. The summed E-state index contributed by atoms with van der Waals surface area (Å²) in [5.74, 6) is 0. The highest BCUT2D eigenvalue weighted by Crippen LogP contribution is 2.38. The van der Waals surface area contributed by atoms with Crippen LogP contribution in [0.1, 0.15) is 39.5 Å². The van der Waals surface area contributed by atoms with Crippen LogP contribution >= 0.6 is 0 Å². The minimum absolute atomic E-state index is 0.0583. The van der Waals surface area contributed by atoms with Crippen LogP contribution in [0.2, 0.25) is 0 Å². The lowest BCUT2D eigenvalue weighted by Crippen LogP contribution is -2.37. The maximum atomic E-state index is 10.9.